The van der Waals surface area contributed by atoms with Crippen LogP contribution >= 0.6 is 68.0 Å². The Kier molecular flexibility index (Phi) is 20.9. The predicted octanol–water partition coefficient (Wildman–Crippen LogP) is 12.3. The van der Waals surface area contributed by atoms with Crippen LogP contribution in [-0.2, 0) is 30.1 Å². The normalized spacial score (nSPS) is 14.7. The lowest BCUT2D eigenvalue weighted by molar-refractivity contribution is 0.102. The van der Waals surface area contributed by atoms with E-state index in [0.29, 0.717) is 101 Å². The van der Waals surface area contributed by atoms with Crippen LogP contribution in [0.4, 0.5) is 15.4 Å². The molecule has 3 aliphatic rings. The van der Waals surface area contributed by atoms with Crippen LogP contribution in [0.25, 0.3) is 33.8 Å². The van der Waals surface area contributed by atoms with Gasteiger partial charge in [-0.3, -0.25) is 30.3 Å². The quantitative estimate of drug-likeness (QED) is 0.0863. The third-order valence-corrected chi connectivity index (χ3v) is 23.6. The maximum absolute atomic E-state index is 12.6. The summed E-state index contributed by atoms with van der Waals surface area (Å²) in [5, 5.41) is 28.3. The highest BCUT2D eigenvalue weighted by Crippen LogP contribution is 2.32. The first kappa shape index (κ1) is 61.8. The van der Waals surface area contributed by atoms with Crippen LogP contribution in [-0.4, -0.2) is 110 Å². The van der Waals surface area contributed by atoms with Gasteiger partial charge in [-0.1, -0.05) is 54.6 Å². The van der Waals surface area contributed by atoms with Gasteiger partial charge in [0.25, 0.3) is 17.7 Å². The molecule has 84 heavy (non-hydrogen) atoms. The van der Waals surface area contributed by atoms with E-state index in [1.54, 1.807) is 97.1 Å². The number of hydrogen-bond donors (Lipinski definition) is 3. The summed E-state index contributed by atoms with van der Waals surface area (Å²) < 4.78 is 80.1. The topological polar surface area (TPSA) is 262 Å². The molecule has 3 saturated heterocycles. The van der Waals surface area contributed by atoms with Crippen molar-refractivity contribution in [2.45, 2.75) is 60.1 Å². The standard InChI is InChI=1S/3C18H17N3O3S3.C2H3N/c3*22-17(16-4-3-11-25-16)20-18-19-15(12-26-18)13-5-7-14(8-6-13)27(23,24)21-9-1-2-10-21;1-2-3/h3*3-8,11-12H,1-2,9-10H2,(H,19,20,22);1H3. The molecule has 0 spiro atoms. The Morgan fingerprint density at radius 2 is 0.655 bits per heavy atom. The fourth-order valence-electron chi connectivity index (χ4n) is 8.72. The second-order valence-corrected chi connectivity index (χ2v) is 29.8. The number of aromatic nitrogens is 3. The largest absolute Gasteiger partial charge is 0.297 e. The van der Waals surface area contributed by atoms with Crippen molar-refractivity contribution < 1.29 is 39.6 Å². The minimum atomic E-state index is -3.41. The van der Waals surface area contributed by atoms with Crippen molar-refractivity contribution in [2.75, 3.05) is 55.2 Å². The van der Waals surface area contributed by atoms with Crippen molar-refractivity contribution in [1.82, 2.24) is 27.9 Å². The van der Waals surface area contributed by atoms with Gasteiger partial charge in [0.2, 0.25) is 30.1 Å². The first-order valence-electron chi connectivity index (χ1n) is 26.1. The highest BCUT2D eigenvalue weighted by Gasteiger charge is 2.30. The SMILES string of the molecule is CC#N.O=C(Nc1nc(-c2ccc(S(=O)(=O)N3CCCC3)cc2)cs1)c1cccs1.O=C(Nc1nc(-c2ccc(S(=O)(=O)N3CCCC3)cc2)cs1)c1cccs1.O=C(Nc1nc(-c2ccc(S(=O)(=O)N3CCCC3)cc2)cs1)c1cccs1. The highest BCUT2D eigenvalue weighted by molar-refractivity contribution is 7.89. The van der Waals surface area contributed by atoms with Gasteiger partial charge in [-0.05, 0) is 109 Å². The Morgan fingerprint density at radius 1 is 0.417 bits per heavy atom. The number of nitrogens with one attached hydrogen (secondary N) is 3. The van der Waals surface area contributed by atoms with E-state index >= 15 is 0 Å². The van der Waals surface area contributed by atoms with E-state index in [0.717, 1.165) is 55.2 Å². The number of benzene rings is 3. The number of amides is 3. The Bertz CT molecular complexity index is 3620. The molecule has 0 atom stereocenters. The molecule has 19 nitrogen and oxygen atoms in total. The fraction of sp³-hybridized carbons (Fsp3) is 0.232. The molecular formula is C56H54N10O9S9. The van der Waals surface area contributed by atoms with Crippen molar-refractivity contribution in [3.05, 3.63) is 156 Å². The van der Waals surface area contributed by atoms with Crippen molar-refractivity contribution >= 4 is 131 Å². The highest BCUT2D eigenvalue weighted by atomic mass is 32.2. The molecule has 3 fully saturated rings. The molecule has 0 unspecified atom stereocenters. The van der Waals surface area contributed by atoms with Gasteiger partial charge in [-0.15, -0.1) is 68.0 Å². The van der Waals surface area contributed by atoms with Gasteiger partial charge in [0, 0.05) is 79.0 Å². The maximum Gasteiger partial charge on any atom is 0.267 e. The van der Waals surface area contributed by atoms with Crippen molar-refractivity contribution in [3.63, 3.8) is 0 Å². The first-order chi connectivity index (χ1) is 40.5. The van der Waals surface area contributed by atoms with Crippen LogP contribution in [0, 0.1) is 11.3 Å². The lowest BCUT2D eigenvalue weighted by atomic mass is 10.2. The Labute approximate surface area is 511 Å². The molecule has 3 amide bonds. The number of rotatable bonds is 15. The lowest BCUT2D eigenvalue weighted by Crippen LogP contribution is -2.27. The molecule has 9 heterocycles. The number of carbonyl (C=O) groups is 3. The first-order valence-corrected chi connectivity index (χ1v) is 35.7. The second-order valence-electron chi connectivity index (χ2n) is 18.5. The van der Waals surface area contributed by atoms with Gasteiger partial charge in [-0.2, -0.15) is 18.2 Å². The zero-order chi connectivity index (χ0) is 59.3. The summed E-state index contributed by atoms with van der Waals surface area (Å²) in [4.78, 5) is 52.4. The summed E-state index contributed by atoms with van der Waals surface area (Å²) >= 11 is 8.12. The van der Waals surface area contributed by atoms with E-state index < -0.39 is 30.1 Å². The van der Waals surface area contributed by atoms with Gasteiger partial charge in [-0.25, -0.2) is 40.2 Å². The summed E-state index contributed by atoms with van der Waals surface area (Å²) in [5.41, 5.74) is 4.53. The van der Waals surface area contributed by atoms with Crippen molar-refractivity contribution in [1.29, 1.82) is 5.26 Å². The molecule has 3 aliphatic heterocycles. The number of anilines is 3. The second kappa shape index (κ2) is 28.4. The van der Waals surface area contributed by atoms with Crippen LogP contribution < -0.4 is 16.0 Å². The number of nitrogens with zero attached hydrogens (tertiary/aromatic N) is 7. The average molecular weight is 1300 g/mol. The molecule has 6 aromatic heterocycles. The number of thiazole rings is 3. The lowest BCUT2D eigenvalue weighted by Gasteiger charge is -2.15. The molecule has 0 saturated carbocycles. The van der Waals surface area contributed by atoms with Crippen LogP contribution in [0.15, 0.2) is 156 Å². The van der Waals surface area contributed by atoms with Crippen LogP contribution in [0.1, 0.15) is 74.5 Å². The van der Waals surface area contributed by atoms with Gasteiger partial charge < -0.3 is 0 Å². The predicted molar refractivity (Wildman–Crippen MR) is 335 cm³/mol. The fourth-order valence-corrected chi connectivity index (χ4v) is 17.3. The Hall–Kier alpha value is -6.72. The molecule has 28 heteroatoms. The van der Waals surface area contributed by atoms with Crippen LogP contribution in [0.3, 0.4) is 0 Å². The third-order valence-electron chi connectivity index (χ3n) is 13.0. The third kappa shape index (κ3) is 15.4. The van der Waals surface area contributed by atoms with Crippen LogP contribution in [0.2, 0.25) is 0 Å². The average Bonchev–Trinajstić information content (AvgIpc) is 4.48. The zero-order valence-electron chi connectivity index (χ0n) is 44.8. The van der Waals surface area contributed by atoms with Gasteiger partial charge in [0.1, 0.15) is 0 Å². The summed E-state index contributed by atoms with van der Waals surface area (Å²) in [6.07, 6.45) is 5.48. The molecule has 3 aromatic carbocycles. The van der Waals surface area contributed by atoms with Gasteiger partial charge in [0.15, 0.2) is 15.4 Å². The molecular weight excluding hydrogens is 1250 g/mol. The van der Waals surface area contributed by atoms with Crippen LogP contribution in [0.5, 0.6) is 0 Å². The monoisotopic (exact) mass is 1300 g/mol. The number of thiophene rings is 3. The van der Waals surface area contributed by atoms with Gasteiger partial charge >= 0.3 is 0 Å². The van der Waals surface area contributed by atoms with E-state index in [1.807, 2.05) is 50.5 Å². The van der Waals surface area contributed by atoms with Crippen molar-refractivity contribution in [3.8, 4) is 39.8 Å². The molecule has 12 rings (SSSR count). The molecule has 0 radical (unpaired) electrons. The minimum Gasteiger partial charge on any atom is -0.297 e. The number of nitriles is 1. The molecule has 436 valence electrons. The van der Waals surface area contributed by atoms with E-state index in [-0.39, 0.29) is 17.7 Å². The number of sulfonamides is 3. The van der Waals surface area contributed by atoms with E-state index in [9.17, 15) is 39.6 Å². The maximum atomic E-state index is 12.6. The smallest absolute Gasteiger partial charge is 0.267 e. The van der Waals surface area contributed by atoms with E-state index in [4.69, 9.17) is 5.26 Å². The Morgan fingerprint density at radius 3 is 0.869 bits per heavy atom. The van der Waals surface area contributed by atoms with E-state index in [1.165, 1.54) is 87.9 Å². The molecule has 0 bridgehead atoms. The molecule has 9 aromatic rings. The minimum absolute atomic E-state index is 0.182. The zero-order valence-corrected chi connectivity index (χ0v) is 52.2. The summed E-state index contributed by atoms with van der Waals surface area (Å²) in [5.74, 6) is -0.547. The van der Waals surface area contributed by atoms with Gasteiger partial charge in [0.05, 0.1) is 52.5 Å². The summed E-state index contributed by atoms with van der Waals surface area (Å²) in [6, 6.07) is 32.7. The molecule has 3 N–H and O–H groups in total. The Balaban J connectivity index is 0.000000148. The molecule has 0 aliphatic carbocycles. The number of hydrogen-bond acceptors (Lipinski definition) is 19. The van der Waals surface area contributed by atoms with E-state index in [2.05, 4.69) is 30.9 Å². The van der Waals surface area contributed by atoms with Crippen molar-refractivity contribution in [2.24, 2.45) is 0 Å². The summed E-state index contributed by atoms with van der Waals surface area (Å²) in [6.45, 7) is 4.95. The number of carbonyl (C=O) groups excluding carboxylic acids is 3. The summed E-state index contributed by atoms with van der Waals surface area (Å²) in [7, 11) is -10.2.